The van der Waals surface area contributed by atoms with Gasteiger partial charge in [0, 0.05) is 16.7 Å². The lowest BCUT2D eigenvalue weighted by atomic mass is 10.1. The van der Waals surface area contributed by atoms with Crippen molar-refractivity contribution < 1.29 is 14.5 Å². The molecule has 0 fully saturated rings. The van der Waals surface area contributed by atoms with Crippen LogP contribution in [0.3, 0.4) is 0 Å². The third-order valence-electron chi connectivity index (χ3n) is 4.81. The number of carbonyl (C=O) groups is 1. The molecular formula is C23H18ClN5O4. The van der Waals surface area contributed by atoms with E-state index in [1.165, 1.54) is 24.5 Å². The van der Waals surface area contributed by atoms with E-state index in [4.69, 9.17) is 16.3 Å². The summed E-state index contributed by atoms with van der Waals surface area (Å²) in [4.78, 5) is 27.5. The second-order valence-electron chi connectivity index (χ2n) is 7.05. The van der Waals surface area contributed by atoms with Crippen molar-refractivity contribution in [2.75, 3.05) is 0 Å². The van der Waals surface area contributed by atoms with Crippen molar-refractivity contribution in [3.8, 4) is 11.5 Å². The lowest BCUT2D eigenvalue weighted by Gasteiger charge is -2.19. The van der Waals surface area contributed by atoms with Gasteiger partial charge in [0.05, 0.1) is 17.5 Å². The van der Waals surface area contributed by atoms with E-state index in [0.717, 1.165) is 5.56 Å². The second kappa shape index (κ2) is 9.92. The molecule has 0 bridgehead atoms. The zero-order valence-electron chi connectivity index (χ0n) is 17.2. The molecule has 0 saturated heterocycles. The van der Waals surface area contributed by atoms with Gasteiger partial charge in [0.2, 0.25) is 5.75 Å². The van der Waals surface area contributed by atoms with E-state index < -0.39 is 4.92 Å². The van der Waals surface area contributed by atoms with E-state index in [0.29, 0.717) is 17.9 Å². The number of ether oxygens (including phenoxy) is 1. The van der Waals surface area contributed by atoms with Crippen LogP contribution in [-0.2, 0) is 6.54 Å². The molecule has 3 aromatic carbocycles. The van der Waals surface area contributed by atoms with Crippen LogP contribution in [0.2, 0.25) is 5.02 Å². The predicted octanol–water partition coefficient (Wildman–Crippen LogP) is 4.80. The van der Waals surface area contributed by atoms with Gasteiger partial charge >= 0.3 is 5.69 Å². The van der Waals surface area contributed by atoms with Gasteiger partial charge in [-0.3, -0.25) is 19.6 Å². The molecule has 0 aliphatic heterocycles. The Morgan fingerprint density at radius 2 is 1.88 bits per heavy atom. The van der Waals surface area contributed by atoms with Gasteiger partial charge in [-0.05, 0) is 42.0 Å². The van der Waals surface area contributed by atoms with E-state index in [-0.39, 0.29) is 28.4 Å². The van der Waals surface area contributed by atoms with E-state index in [9.17, 15) is 14.9 Å². The number of benzene rings is 3. The SMILES string of the molecule is O=C(NC(Cn1cncn1)c1ccccc1)c1ccc(Oc2ccc(Cl)cc2[N+](=O)[O-])cc1. The van der Waals surface area contributed by atoms with Crippen molar-refractivity contribution in [3.05, 3.63) is 112 Å². The number of halogens is 1. The Morgan fingerprint density at radius 3 is 2.55 bits per heavy atom. The van der Waals surface area contributed by atoms with Gasteiger partial charge in [-0.2, -0.15) is 5.10 Å². The van der Waals surface area contributed by atoms with Gasteiger partial charge in [0.1, 0.15) is 18.4 Å². The van der Waals surface area contributed by atoms with E-state index in [1.807, 2.05) is 30.3 Å². The number of amides is 1. The van der Waals surface area contributed by atoms with Gasteiger partial charge in [-0.25, -0.2) is 4.98 Å². The molecule has 0 aliphatic carbocycles. The van der Waals surface area contributed by atoms with Crippen LogP contribution in [-0.4, -0.2) is 25.6 Å². The average Bonchev–Trinajstić information content (AvgIpc) is 3.34. The number of carbonyl (C=O) groups excluding carboxylic acids is 1. The van der Waals surface area contributed by atoms with Gasteiger partial charge in [-0.1, -0.05) is 41.9 Å². The zero-order chi connectivity index (χ0) is 23.2. The van der Waals surface area contributed by atoms with Gasteiger partial charge in [-0.15, -0.1) is 0 Å². The van der Waals surface area contributed by atoms with E-state index in [1.54, 1.807) is 35.3 Å². The maximum atomic E-state index is 12.9. The summed E-state index contributed by atoms with van der Waals surface area (Å²) in [6.07, 6.45) is 3.03. The van der Waals surface area contributed by atoms with Crippen molar-refractivity contribution >= 4 is 23.2 Å². The molecule has 0 saturated carbocycles. The fourth-order valence-electron chi connectivity index (χ4n) is 3.20. The van der Waals surface area contributed by atoms with Crippen LogP contribution >= 0.6 is 11.6 Å². The molecule has 1 amide bonds. The molecule has 1 aromatic heterocycles. The fraction of sp³-hybridized carbons (Fsp3) is 0.0870. The van der Waals surface area contributed by atoms with Crippen molar-refractivity contribution in [1.29, 1.82) is 0 Å². The molecule has 1 heterocycles. The number of rotatable bonds is 8. The molecule has 4 rings (SSSR count). The second-order valence-corrected chi connectivity index (χ2v) is 7.49. The van der Waals surface area contributed by atoms with Crippen LogP contribution in [0.5, 0.6) is 11.5 Å². The molecule has 9 nitrogen and oxygen atoms in total. The Morgan fingerprint density at radius 1 is 1.12 bits per heavy atom. The smallest absolute Gasteiger partial charge is 0.313 e. The lowest BCUT2D eigenvalue weighted by molar-refractivity contribution is -0.385. The van der Waals surface area contributed by atoms with Crippen molar-refractivity contribution in [1.82, 2.24) is 20.1 Å². The average molecular weight is 464 g/mol. The van der Waals surface area contributed by atoms with E-state index in [2.05, 4.69) is 15.4 Å². The normalized spacial score (nSPS) is 11.5. The number of nitro groups is 1. The van der Waals surface area contributed by atoms with E-state index >= 15 is 0 Å². The van der Waals surface area contributed by atoms with Crippen molar-refractivity contribution in [2.24, 2.45) is 0 Å². The largest absolute Gasteiger partial charge is 0.450 e. The molecule has 0 radical (unpaired) electrons. The highest BCUT2D eigenvalue weighted by atomic mass is 35.5. The molecule has 1 N–H and O–H groups in total. The zero-order valence-corrected chi connectivity index (χ0v) is 17.9. The summed E-state index contributed by atoms with van der Waals surface area (Å²) in [5.74, 6) is 0.116. The molecule has 1 atom stereocenters. The Kier molecular flexibility index (Phi) is 6.61. The van der Waals surface area contributed by atoms with Gasteiger partial charge < -0.3 is 10.1 Å². The highest BCUT2D eigenvalue weighted by Crippen LogP contribution is 2.33. The third kappa shape index (κ3) is 5.52. The topological polar surface area (TPSA) is 112 Å². The number of nitrogens with one attached hydrogen (secondary N) is 1. The number of hydrogen-bond donors (Lipinski definition) is 1. The molecule has 4 aromatic rings. The maximum absolute atomic E-state index is 12.9. The van der Waals surface area contributed by atoms with Gasteiger partial charge in [0.15, 0.2) is 0 Å². The summed E-state index contributed by atoms with van der Waals surface area (Å²) in [5.41, 5.74) is 1.09. The summed E-state index contributed by atoms with van der Waals surface area (Å²) < 4.78 is 7.28. The monoisotopic (exact) mass is 463 g/mol. The number of nitro benzene ring substituents is 1. The van der Waals surface area contributed by atoms with Crippen LogP contribution in [0, 0.1) is 10.1 Å². The molecule has 0 aliphatic rings. The summed E-state index contributed by atoms with van der Waals surface area (Å²) in [7, 11) is 0. The first-order valence-electron chi connectivity index (χ1n) is 9.89. The standard InChI is InChI=1S/C23H18ClN5O4/c24-18-8-11-22(21(12-18)29(31)32)33-19-9-6-17(7-10-19)23(30)27-20(13-28-15-25-14-26-28)16-4-2-1-3-5-16/h1-12,14-15,20H,13H2,(H,27,30). The fourth-order valence-corrected chi connectivity index (χ4v) is 3.36. The first-order valence-corrected chi connectivity index (χ1v) is 10.3. The number of hydrogen-bond acceptors (Lipinski definition) is 6. The summed E-state index contributed by atoms with van der Waals surface area (Å²) in [6, 6.07) is 19.7. The maximum Gasteiger partial charge on any atom is 0.313 e. The Bertz CT molecular complexity index is 1250. The summed E-state index contributed by atoms with van der Waals surface area (Å²) >= 11 is 5.84. The lowest BCUT2D eigenvalue weighted by Crippen LogP contribution is -2.31. The van der Waals surface area contributed by atoms with Crippen LogP contribution < -0.4 is 10.1 Å². The first kappa shape index (κ1) is 22.0. The Balaban J connectivity index is 1.49. The van der Waals surface area contributed by atoms with Crippen LogP contribution in [0.4, 0.5) is 5.69 Å². The first-order chi connectivity index (χ1) is 16.0. The minimum atomic E-state index is -0.568. The number of aromatic nitrogens is 3. The molecule has 1 unspecified atom stereocenters. The minimum Gasteiger partial charge on any atom is -0.450 e. The molecule has 0 spiro atoms. The summed E-state index contributed by atoms with van der Waals surface area (Å²) in [6.45, 7) is 0.414. The number of nitrogens with zero attached hydrogens (tertiary/aromatic N) is 4. The molecule has 166 valence electrons. The molecular weight excluding hydrogens is 446 g/mol. The minimum absolute atomic E-state index is 0.0542. The molecule has 33 heavy (non-hydrogen) atoms. The quantitative estimate of drug-likeness (QED) is 0.296. The van der Waals surface area contributed by atoms with Crippen LogP contribution in [0.15, 0.2) is 85.5 Å². The highest BCUT2D eigenvalue weighted by Gasteiger charge is 2.19. The summed E-state index contributed by atoms with van der Waals surface area (Å²) in [5, 5.41) is 18.6. The van der Waals surface area contributed by atoms with Crippen molar-refractivity contribution in [2.45, 2.75) is 12.6 Å². The van der Waals surface area contributed by atoms with Gasteiger partial charge in [0.25, 0.3) is 5.91 Å². The predicted molar refractivity (Wildman–Crippen MR) is 121 cm³/mol. The van der Waals surface area contributed by atoms with Crippen molar-refractivity contribution in [3.63, 3.8) is 0 Å². The Hall–Kier alpha value is -4.24. The molecule has 10 heteroatoms. The third-order valence-corrected chi connectivity index (χ3v) is 5.04. The highest BCUT2D eigenvalue weighted by molar-refractivity contribution is 6.30. The Labute approximate surface area is 193 Å². The van der Waals surface area contributed by atoms with Crippen LogP contribution in [0.1, 0.15) is 22.0 Å². The van der Waals surface area contributed by atoms with Crippen LogP contribution in [0.25, 0.3) is 0 Å².